The first-order chi connectivity index (χ1) is 19.7. The quantitative estimate of drug-likeness (QED) is 0.291. The molecule has 0 bridgehead atoms. The Kier molecular flexibility index (Phi) is 8.15. The molecule has 1 N–H and O–H groups in total. The first-order valence-electron chi connectivity index (χ1n) is 13.2. The molecule has 7 nitrogen and oxygen atoms in total. The summed E-state index contributed by atoms with van der Waals surface area (Å²) in [6.45, 7) is 6.15. The molecule has 41 heavy (non-hydrogen) atoms. The van der Waals surface area contributed by atoms with Gasteiger partial charge in [-0.25, -0.2) is 9.79 Å². The Labute approximate surface area is 246 Å². The highest BCUT2D eigenvalue weighted by Gasteiger charge is 2.35. The van der Waals surface area contributed by atoms with Gasteiger partial charge in [0.1, 0.15) is 0 Å². The fraction of sp³-hybridized carbons (Fsp3) is 0.219. The molecule has 9 heteroatoms. The SMILES string of the molecule is CCOC(=O)C1=C(c2ccccc2)N=c2s/c(=C\c3cc(Cl)c(O)c(OC)c3)c(=O)n2[C@H]1c1ccc(C(C)C)cc1. The summed E-state index contributed by atoms with van der Waals surface area (Å²) in [5.74, 6) is -0.197. The van der Waals surface area contributed by atoms with Gasteiger partial charge in [-0.3, -0.25) is 9.36 Å². The number of hydrogen-bond acceptors (Lipinski definition) is 7. The molecule has 0 aliphatic carbocycles. The maximum atomic E-state index is 14.0. The molecular weight excluding hydrogens is 560 g/mol. The average Bonchev–Trinajstić information content (AvgIpc) is 3.28. The normalized spacial score (nSPS) is 15.1. The van der Waals surface area contributed by atoms with E-state index in [1.165, 1.54) is 18.4 Å². The molecule has 4 aromatic rings. The van der Waals surface area contributed by atoms with Crippen molar-refractivity contribution in [2.75, 3.05) is 13.7 Å². The maximum Gasteiger partial charge on any atom is 0.338 e. The van der Waals surface area contributed by atoms with Crippen LogP contribution in [0, 0.1) is 0 Å². The number of carbonyl (C=O) groups is 1. The largest absolute Gasteiger partial charge is 0.503 e. The Morgan fingerprint density at radius 3 is 2.49 bits per heavy atom. The van der Waals surface area contributed by atoms with E-state index in [-0.39, 0.29) is 28.7 Å². The predicted octanol–water partition coefficient (Wildman–Crippen LogP) is 5.43. The van der Waals surface area contributed by atoms with Crippen LogP contribution in [0.15, 0.2) is 82.1 Å². The number of carbonyl (C=O) groups excluding carboxylic acids is 1. The number of nitrogens with zero attached hydrogens (tertiary/aromatic N) is 2. The highest BCUT2D eigenvalue weighted by Crippen LogP contribution is 2.37. The molecule has 0 saturated carbocycles. The maximum absolute atomic E-state index is 14.0. The molecular formula is C32H29ClN2O5S. The zero-order valence-electron chi connectivity index (χ0n) is 23.1. The minimum atomic E-state index is -0.762. The molecule has 210 valence electrons. The van der Waals surface area contributed by atoms with Crippen molar-refractivity contribution in [2.45, 2.75) is 32.7 Å². The molecule has 2 heterocycles. The van der Waals surface area contributed by atoms with Crippen LogP contribution in [0.4, 0.5) is 0 Å². The molecule has 0 fully saturated rings. The minimum absolute atomic E-state index is 0.0995. The molecule has 1 aliphatic heterocycles. The number of halogens is 1. The van der Waals surface area contributed by atoms with Gasteiger partial charge in [-0.05, 0) is 47.7 Å². The van der Waals surface area contributed by atoms with Gasteiger partial charge in [0.05, 0.1) is 40.6 Å². The highest BCUT2D eigenvalue weighted by atomic mass is 35.5. The Hall–Kier alpha value is -4.14. The Bertz CT molecular complexity index is 1820. The fourth-order valence-electron chi connectivity index (χ4n) is 4.80. The Morgan fingerprint density at radius 1 is 1.15 bits per heavy atom. The van der Waals surface area contributed by atoms with Crippen molar-refractivity contribution in [3.63, 3.8) is 0 Å². The smallest absolute Gasteiger partial charge is 0.338 e. The van der Waals surface area contributed by atoms with Crippen molar-refractivity contribution < 1.29 is 19.4 Å². The van der Waals surface area contributed by atoms with Gasteiger partial charge in [-0.15, -0.1) is 0 Å². The number of benzene rings is 3. The highest BCUT2D eigenvalue weighted by molar-refractivity contribution is 7.07. The monoisotopic (exact) mass is 588 g/mol. The van der Waals surface area contributed by atoms with Gasteiger partial charge >= 0.3 is 5.97 Å². The van der Waals surface area contributed by atoms with Crippen LogP contribution in [0.2, 0.25) is 5.02 Å². The number of esters is 1. The molecule has 0 amide bonds. The third-order valence-electron chi connectivity index (χ3n) is 6.86. The van der Waals surface area contributed by atoms with E-state index < -0.39 is 12.0 Å². The molecule has 1 aliphatic rings. The number of phenolic OH excluding ortho intramolecular Hbond substituents is 1. The van der Waals surface area contributed by atoms with Crippen LogP contribution in [0.1, 0.15) is 55.0 Å². The molecule has 1 atom stereocenters. The molecule has 0 saturated heterocycles. The van der Waals surface area contributed by atoms with E-state index in [0.717, 1.165) is 16.7 Å². The summed E-state index contributed by atoms with van der Waals surface area (Å²) in [7, 11) is 1.43. The van der Waals surface area contributed by atoms with E-state index in [0.29, 0.717) is 32.1 Å². The number of aromatic nitrogens is 1. The summed E-state index contributed by atoms with van der Waals surface area (Å²) >= 11 is 7.41. The second kappa shape index (κ2) is 11.8. The second-order valence-corrected chi connectivity index (χ2v) is 11.2. The standard InChI is InChI=1S/C32H29ClN2O5S/c1-5-40-31(38)26-27(21-9-7-6-8-10-21)34-32-35(28(26)22-13-11-20(12-14-22)18(2)3)30(37)25(41-32)17-19-15-23(33)29(36)24(16-19)39-4/h6-18,28,36H,5H2,1-4H3/b25-17-/t28-/m0/s1. The lowest BCUT2D eigenvalue weighted by atomic mass is 9.91. The number of ether oxygens (including phenoxy) is 2. The molecule has 3 aromatic carbocycles. The lowest BCUT2D eigenvalue weighted by Gasteiger charge is -2.26. The van der Waals surface area contributed by atoms with Crippen LogP contribution in [-0.2, 0) is 9.53 Å². The number of rotatable bonds is 7. The van der Waals surface area contributed by atoms with E-state index in [4.69, 9.17) is 26.1 Å². The molecule has 0 spiro atoms. The summed E-state index contributed by atoms with van der Waals surface area (Å²) in [6, 6.07) is 19.8. The average molecular weight is 589 g/mol. The van der Waals surface area contributed by atoms with Crippen molar-refractivity contribution in [1.82, 2.24) is 4.57 Å². The van der Waals surface area contributed by atoms with Crippen molar-refractivity contribution in [3.8, 4) is 11.5 Å². The lowest BCUT2D eigenvalue weighted by Crippen LogP contribution is -2.40. The minimum Gasteiger partial charge on any atom is -0.503 e. The van der Waals surface area contributed by atoms with Crippen LogP contribution in [0.25, 0.3) is 11.8 Å². The van der Waals surface area contributed by atoms with Gasteiger partial charge in [-0.2, -0.15) is 0 Å². The van der Waals surface area contributed by atoms with Gasteiger partial charge in [0.2, 0.25) is 0 Å². The molecule has 1 aromatic heterocycles. The number of aromatic hydroxyl groups is 1. The fourth-order valence-corrected chi connectivity index (χ4v) is 6.02. The van der Waals surface area contributed by atoms with E-state index in [2.05, 4.69) is 13.8 Å². The molecule has 5 rings (SSSR count). The van der Waals surface area contributed by atoms with Crippen molar-refractivity contribution >= 4 is 40.7 Å². The van der Waals surface area contributed by atoms with Crippen LogP contribution in [-0.4, -0.2) is 29.4 Å². The third-order valence-corrected chi connectivity index (χ3v) is 8.13. The first-order valence-corrected chi connectivity index (χ1v) is 14.4. The summed E-state index contributed by atoms with van der Waals surface area (Å²) in [4.78, 5) is 32.9. The zero-order valence-corrected chi connectivity index (χ0v) is 24.6. The second-order valence-electron chi connectivity index (χ2n) is 9.81. The Balaban J connectivity index is 1.81. The number of thiazole rings is 1. The van der Waals surface area contributed by atoms with Gasteiger partial charge < -0.3 is 14.6 Å². The summed E-state index contributed by atoms with van der Waals surface area (Å²) in [6.07, 6.45) is 1.67. The van der Waals surface area contributed by atoms with Gasteiger partial charge in [-0.1, -0.05) is 91.4 Å². The van der Waals surface area contributed by atoms with Crippen LogP contribution in [0.5, 0.6) is 11.5 Å². The number of fused-ring (bicyclic) bond motifs is 1. The molecule has 0 radical (unpaired) electrons. The van der Waals surface area contributed by atoms with Crippen LogP contribution < -0.4 is 19.6 Å². The number of methoxy groups -OCH3 is 1. The zero-order chi connectivity index (χ0) is 29.3. The van der Waals surface area contributed by atoms with Gasteiger partial charge in [0.25, 0.3) is 5.56 Å². The predicted molar refractivity (Wildman–Crippen MR) is 161 cm³/mol. The first kappa shape index (κ1) is 28.4. The summed E-state index contributed by atoms with van der Waals surface area (Å²) < 4.78 is 12.7. The Morgan fingerprint density at radius 2 is 1.85 bits per heavy atom. The third kappa shape index (κ3) is 5.45. The van der Waals surface area contributed by atoms with E-state index in [9.17, 15) is 14.7 Å². The number of phenols is 1. The number of hydrogen-bond donors (Lipinski definition) is 1. The summed E-state index contributed by atoms with van der Waals surface area (Å²) in [5.41, 5.74) is 3.66. The van der Waals surface area contributed by atoms with E-state index in [1.807, 2.05) is 54.6 Å². The summed E-state index contributed by atoms with van der Waals surface area (Å²) in [5, 5.41) is 10.3. The van der Waals surface area contributed by atoms with Crippen molar-refractivity contribution in [2.24, 2.45) is 4.99 Å². The molecule has 0 unspecified atom stereocenters. The van der Waals surface area contributed by atoms with Crippen LogP contribution >= 0.6 is 22.9 Å². The lowest BCUT2D eigenvalue weighted by molar-refractivity contribution is -0.138. The van der Waals surface area contributed by atoms with Crippen LogP contribution in [0.3, 0.4) is 0 Å². The van der Waals surface area contributed by atoms with Crippen molar-refractivity contribution in [3.05, 3.63) is 119 Å². The van der Waals surface area contributed by atoms with Crippen molar-refractivity contribution in [1.29, 1.82) is 0 Å². The van der Waals surface area contributed by atoms with Gasteiger partial charge in [0.15, 0.2) is 16.3 Å². The van der Waals surface area contributed by atoms with E-state index >= 15 is 0 Å². The topological polar surface area (TPSA) is 90.1 Å². The van der Waals surface area contributed by atoms with Gasteiger partial charge in [0, 0.05) is 5.56 Å². The van der Waals surface area contributed by atoms with E-state index in [1.54, 1.807) is 29.7 Å².